The van der Waals surface area contributed by atoms with Gasteiger partial charge in [0.25, 0.3) is 0 Å². The van der Waals surface area contributed by atoms with Crippen molar-refractivity contribution < 1.29 is 14.7 Å². The Hall–Kier alpha value is -2.04. The molecule has 2 amide bonds. The summed E-state index contributed by atoms with van der Waals surface area (Å²) in [5.41, 5.74) is 1.16. The van der Waals surface area contributed by atoms with E-state index in [-0.39, 0.29) is 11.9 Å². The lowest BCUT2D eigenvalue weighted by Crippen LogP contribution is -2.38. The van der Waals surface area contributed by atoms with Crippen LogP contribution in [0.2, 0.25) is 0 Å². The molecule has 0 spiro atoms. The van der Waals surface area contributed by atoms with Gasteiger partial charge in [-0.05, 0) is 25.0 Å². The number of urea groups is 1. The summed E-state index contributed by atoms with van der Waals surface area (Å²) in [6.45, 7) is 3.73. The van der Waals surface area contributed by atoms with E-state index in [0.717, 1.165) is 12.0 Å². The van der Waals surface area contributed by atoms with Crippen LogP contribution in [0.4, 0.5) is 4.79 Å². The zero-order valence-corrected chi connectivity index (χ0v) is 10.9. The van der Waals surface area contributed by atoms with Crippen molar-refractivity contribution in [3.63, 3.8) is 0 Å². The Bertz CT molecular complexity index is 487. The molecule has 102 valence electrons. The molecule has 0 aliphatic carbocycles. The number of carbonyl (C=O) groups is 2. The molecule has 1 aromatic carbocycles. The van der Waals surface area contributed by atoms with Gasteiger partial charge >= 0.3 is 12.0 Å². The van der Waals surface area contributed by atoms with Gasteiger partial charge in [-0.25, -0.2) is 9.59 Å². The molecule has 5 nitrogen and oxygen atoms in total. The topological polar surface area (TPSA) is 69.6 Å². The Morgan fingerprint density at radius 1 is 1.42 bits per heavy atom. The van der Waals surface area contributed by atoms with E-state index in [1.165, 1.54) is 0 Å². The molecule has 2 N–H and O–H groups in total. The van der Waals surface area contributed by atoms with Crippen molar-refractivity contribution in [1.29, 1.82) is 0 Å². The molecule has 1 aliphatic rings. The van der Waals surface area contributed by atoms with Crippen molar-refractivity contribution in [2.75, 3.05) is 19.6 Å². The van der Waals surface area contributed by atoms with Gasteiger partial charge < -0.3 is 15.3 Å². The van der Waals surface area contributed by atoms with E-state index in [2.05, 4.69) is 5.32 Å². The maximum absolute atomic E-state index is 11.7. The second-order valence-electron chi connectivity index (χ2n) is 4.66. The van der Waals surface area contributed by atoms with Gasteiger partial charge in [0, 0.05) is 25.6 Å². The maximum Gasteiger partial charge on any atom is 0.335 e. The van der Waals surface area contributed by atoms with E-state index in [0.29, 0.717) is 25.2 Å². The number of benzene rings is 1. The lowest BCUT2D eigenvalue weighted by Gasteiger charge is -2.17. The fourth-order valence-electron chi connectivity index (χ4n) is 2.51. The molecule has 1 aliphatic heterocycles. The quantitative estimate of drug-likeness (QED) is 0.874. The molecule has 0 bridgehead atoms. The minimum Gasteiger partial charge on any atom is -0.478 e. The van der Waals surface area contributed by atoms with E-state index in [9.17, 15) is 14.7 Å². The van der Waals surface area contributed by atoms with Gasteiger partial charge in [-0.3, -0.25) is 0 Å². The number of aromatic carboxylic acids is 1. The Morgan fingerprint density at radius 3 is 2.84 bits per heavy atom. The fraction of sp³-hybridized carbons (Fsp3) is 0.429. The number of nitrogens with zero attached hydrogens (tertiary/aromatic N) is 1. The molecule has 1 heterocycles. The predicted octanol–water partition coefficient (Wildman–Crippen LogP) is 1.90. The van der Waals surface area contributed by atoms with E-state index in [1.54, 1.807) is 17.0 Å². The van der Waals surface area contributed by atoms with Crippen LogP contribution in [0, 0.1) is 0 Å². The third kappa shape index (κ3) is 2.86. The summed E-state index contributed by atoms with van der Waals surface area (Å²) in [5, 5.41) is 12.0. The van der Waals surface area contributed by atoms with Gasteiger partial charge in [0.05, 0.1) is 5.56 Å². The van der Waals surface area contributed by atoms with Gasteiger partial charge in [-0.2, -0.15) is 0 Å². The van der Waals surface area contributed by atoms with E-state index in [1.807, 2.05) is 19.1 Å². The Kier molecular flexibility index (Phi) is 4.04. The summed E-state index contributed by atoms with van der Waals surface area (Å²) in [7, 11) is 0. The minimum absolute atomic E-state index is 0.0715. The number of amides is 2. The number of nitrogens with one attached hydrogen (secondary N) is 1. The molecule has 5 heteroatoms. The third-order valence-corrected chi connectivity index (χ3v) is 3.43. The van der Waals surface area contributed by atoms with Crippen LogP contribution >= 0.6 is 0 Å². The fourth-order valence-corrected chi connectivity index (χ4v) is 2.51. The van der Waals surface area contributed by atoms with Gasteiger partial charge in [0.2, 0.25) is 0 Å². The summed E-state index contributed by atoms with van der Waals surface area (Å²) >= 11 is 0. The summed E-state index contributed by atoms with van der Waals surface area (Å²) < 4.78 is 0. The smallest absolute Gasteiger partial charge is 0.335 e. The highest BCUT2D eigenvalue weighted by molar-refractivity contribution is 5.89. The molecule has 1 saturated heterocycles. The average molecular weight is 262 g/mol. The molecular weight excluding hydrogens is 244 g/mol. The number of carboxylic acid groups (broad SMARTS) is 1. The molecule has 0 saturated carbocycles. The highest BCUT2D eigenvalue weighted by Gasteiger charge is 2.29. The Labute approximate surface area is 112 Å². The van der Waals surface area contributed by atoms with Crippen LogP contribution in [0.3, 0.4) is 0 Å². The lowest BCUT2D eigenvalue weighted by molar-refractivity contribution is 0.0695. The van der Waals surface area contributed by atoms with Crippen LogP contribution in [-0.2, 0) is 0 Å². The highest BCUT2D eigenvalue weighted by Crippen LogP contribution is 2.29. The van der Waals surface area contributed by atoms with Crippen LogP contribution < -0.4 is 5.32 Å². The molecule has 0 radical (unpaired) electrons. The summed E-state index contributed by atoms with van der Waals surface area (Å²) in [4.78, 5) is 24.7. The second-order valence-corrected chi connectivity index (χ2v) is 4.66. The summed E-state index contributed by atoms with van der Waals surface area (Å²) in [5.74, 6) is -0.804. The van der Waals surface area contributed by atoms with Gasteiger partial charge in [0.15, 0.2) is 0 Å². The van der Waals surface area contributed by atoms with Crippen LogP contribution in [0.1, 0.15) is 35.2 Å². The van der Waals surface area contributed by atoms with E-state index >= 15 is 0 Å². The molecule has 0 aromatic heterocycles. The zero-order valence-electron chi connectivity index (χ0n) is 10.9. The van der Waals surface area contributed by atoms with Crippen molar-refractivity contribution >= 4 is 12.0 Å². The van der Waals surface area contributed by atoms with Crippen molar-refractivity contribution in [2.45, 2.75) is 19.3 Å². The molecule has 19 heavy (non-hydrogen) atoms. The van der Waals surface area contributed by atoms with Crippen molar-refractivity contribution in [3.8, 4) is 0 Å². The first-order valence-electron chi connectivity index (χ1n) is 6.48. The Morgan fingerprint density at radius 2 is 2.16 bits per heavy atom. The summed E-state index contributed by atoms with van der Waals surface area (Å²) in [6.07, 6.45) is 0.807. The van der Waals surface area contributed by atoms with Crippen molar-refractivity contribution in [2.24, 2.45) is 0 Å². The number of likely N-dealkylation sites (tertiary alicyclic amines) is 1. The maximum atomic E-state index is 11.7. The minimum atomic E-state index is -0.910. The SMILES string of the molecule is CCNC(=O)N1CCC(c2ccccc2C(=O)O)C1. The van der Waals surface area contributed by atoms with E-state index in [4.69, 9.17) is 0 Å². The largest absolute Gasteiger partial charge is 0.478 e. The van der Waals surface area contributed by atoms with Gasteiger partial charge in [-0.15, -0.1) is 0 Å². The normalized spacial score (nSPS) is 18.4. The monoisotopic (exact) mass is 262 g/mol. The van der Waals surface area contributed by atoms with Crippen LogP contribution in [-0.4, -0.2) is 41.6 Å². The number of hydrogen-bond acceptors (Lipinski definition) is 2. The average Bonchev–Trinajstić information content (AvgIpc) is 2.88. The van der Waals surface area contributed by atoms with Crippen LogP contribution in [0.25, 0.3) is 0 Å². The molecule has 2 rings (SSSR count). The molecular formula is C14H18N2O3. The van der Waals surface area contributed by atoms with Gasteiger partial charge in [0.1, 0.15) is 0 Å². The second kappa shape index (κ2) is 5.73. The van der Waals surface area contributed by atoms with Crippen LogP contribution in [0.5, 0.6) is 0 Å². The molecule has 1 fully saturated rings. The van der Waals surface area contributed by atoms with E-state index < -0.39 is 5.97 Å². The Balaban J connectivity index is 2.13. The zero-order chi connectivity index (χ0) is 13.8. The standard InChI is InChI=1S/C14H18N2O3/c1-2-15-14(19)16-8-7-10(9-16)11-5-3-4-6-12(11)13(17)18/h3-6,10H,2,7-9H2,1H3,(H,15,19)(H,17,18). The number of hydrogen-bond donors (Lipinski definition) is 2. The number of rotatable bonds is 3. The van der Waals surface area contributed by atoms with Crippen LogP contribution in [0.15, 0.2) is 24.3 Å². The first-order chi connectivity index (χ1) is 9.13. The molecule has 1 aromatic rings. The first kappa shape index (κ1) is 13.4. The predicted molar refractivity (Wildman–Crippen MR) is 71.4 cm³/mol. The lowest BCUT2D eigenvalue weighted by atomic mass is 9.93. The first-order valence-corrected chi connectivity index (χ1v) is 6.48. The molecule has 1 atom stereocenters. The van der Waals surface area contributed by atoms with Crippen molar-refractivity contribution in [3.05, 3.63) is 35.4 Å². The number of carbonyl (C=O) groups excluding carboxylic acids is 1. The van der Waals surface area contributed by atoms with Gasteiger partial charge in [-0.1, -0.05) is 18.2 Å². The third-order valence-electron chi connectivity index (χ3n) is 3.43. The summed E-state index contributed by atoms with van der Waals surface area (Å²) in [6, 6.07) is 6.96. The highest BCUT2D eigenvalue weighted by atomic mass is 16.4. The molecule has 1 unspecified atom stereocenters. The van der Waals surface area contributed by atoms with Crippen molar-refractivity contribution in [1.82, 2.24) is 10.2 Å². The number of carboxylic acids is 1.